The molecule has 152 valence electrons. The number of thioether (sulfide) groups is 1. The summed E-state index contributed by atoms with van der Waals surface area (Å²) in [7, 11) is 0. The monoisotopic (exact) mass is 420 g/mol. The number of nitrogens with one attached hydrogen (secondary N) is 1. The highest BCUT2D eigenvalue weighted by Gasteiger charge is 2.16. The molecule has 0 spiro atoms. The van der Waals surface area contributed by atoms with Gasteiger partial charge < -0.3 is 5.32 Å². The topological polar surface area (TPSA) is 59.8 Å². The molecule has 0 bridgehead atoms. The number of hydrogen-bond donors (Lipinski definition) is 1. The lowest BCUT2D eigenvalue weighted by atomic mass is 10.1. The maximum atomic E-state index is 14.0. The van der Waals surface area contributed by atoms with Crippen LogP contribution in [-0.2, 0) is 23.6 Å². The second kappa shape index (κ2) is 9.09. The predicted octanol–water partition coefficient (Wildman–Crippen LogP) is 4.49. The van der Waals surface area contributed by atoms with E-state index >= 15 is 0 Å². The zero-order valence-electron chi connectivity index (χ0n) is 16.5. The van der Waals surface area contributed by atoms with Crippen molar-refractivity contribution >= 4 is 28.8 Å². The fourth-order valence-corrected chi connectivity index (χ4v) is 4.04. The molecule has 5 nitrogen and oxygen atoms in total. The lowest BCUT2D eigenvalue weighted by Crippen LogP contribution is -2.27. The Kier molecular flexibility index (Phi) is 6.09. The Morgan fingerprint density at radius 3 is 2.70 bits per heavy atom. The first-order valence-corrected chi connectivity index (χ1v) is 10.6. The minimum Gasteiger partial charge on any atom is -0.350 e. The van der Waals surface area contributed by atoms with Gasteiger partial charge in [-0.05, 0) is 36.2 Å². The van der Waals surface area contributed by atoms with Gasteiger partial charge >= 0.3 is 0 Å². The molecule has 0 radical (unpaired) electrons. The number of aryl methyl sites for hydroxylation is 1. The van der Waals surface area contributed by atoms with E-state index < -0.39 is 0 Å². The van der Waals surface area contributed by atoms with E-state index in [1.54, 1.807) is 22.9 Å². The molecule has 4 rings (SSSR count). The fourth-order valence-electron chi connectivity index (χ4n) is 3.05. The number of carbonyl (C=O) groups excluding carboxylic acids is 1. The van der Waals surface area contributed by atoms with Crippen molar-refractivity contribution in [2.45, 2.75) is 30.9 Å². The van der Waals surface area contributed by atoms with Gasteiger partial charge in [-0.15, -0.1) is 0 Å². The van der Waals surface area contributed by atoms with E-state index in [-0.39, 0.29) is 18.3 Å². The summed E-state index contributed by atoms with van der Waals surface area (Å²) in [6.07, 6.45) is 1.68. The number of hydrogen-bond acceptors (Lipinski definition) is 4. The van der Waals surface area contributed by atoms with Gasteiger partial charge in [0.2, 0.25) is 5.91 Å². The van der Waals surface area contributed by atoms with Crippen LogP contribution in [0.3, 0.4) is 0 Å². The summed E-state index contributed by atoms with van der Waals surface area (Å²) in [4.78, 5) is 21.6. The van der Waals surface area contributed by atoms with Gasteiger partial charge in [-0.25, -0.2) is 14.4 Å². The normalized spacial score (nSPS) is 11.0. The number of benzene rings is 2. The predicted molar refractivity (Wildman–Crippen MR) is 117 cm³/mol. The van der Waals surface area contributed by atoms with Crippen LogP contribution in [0.2, 0.25) is 0 Å². The molecule has 2 heterocycles. The van der Waals surface area contributed by atoms with E-state index in [4.69, 9.17) is 0 Å². The number of halogens is 1. The Morgan fingerprint density at radius 1 is 1.10 bits per heavy atom. The molecular formula is C23H21FN4OS. The summed E-state index contributed by atoms with van der Waals surface area (Å²) in [6, 6.07) is 18.4. The molecule has 0 atom stereocenters. The Labute approximate surface area is 178 Å². The molecule has 1 amide bonds. The molecule has 7 heteroatoms. The number of aromatic nitrogens is 3. The molecule has 0 unspecified atom stereocenters. The summed E-state index contributed by atoms with van der Waals surface area (Å²) < 4.78 is 15.8. The average molecular weight is 421 g/mol. The lowest BCUT2D eigenvalue weighted by Gasteiger charge is -2.10. The van der Waals surface area contributed by atoms with Crippen LogP contribution in [0, 0.1) is 12.7 Å². The molecule has 1 N–H and O–H groups in total. The summed E-state index contributed by atoms with van der Waals surface area (Å²) in [6.45, 7) is 2.58. The first kappa shape index (κ1) is 20.1. The van der Waals surface area contributed by atoms with Crippen LogP contribution in [0.1, 0.15) is 16.7 Å². The minimum absolute atomic E-state index is 0.0962. The van der Waals surface area contributed by atoms with E-state index in [1.165, 1.54) is 23.4 Å². The Balaban J connectivity index is 1.50. The SMILES string of the molecule is Cc1ccc(CNC(=O)Cn2c(SCc3ccccc3F)nc3cccnc32)cc1. The molecule has 0 fully saturated rings. The van der Waals surface area contributed by atoms with Crippen LogP contribution in [-0.4, -0.2) is 20.4 Å². The highest BCUT2D eigenvalue weighted by atomic mass is 32.2. The smallest absolute Gasteiger partial charge is 0.240 e. The molecule has 0 aliphatic rings. The van der Waals surface area contributed by atoms with Crippen molar-refractivity contribution < 1.29 is 9.18 Å². The number of carbonyl (C=O) groups is 1. The Morgan fingerprint density at radius 2 is 1.90 bits per heavy atom. The maximum absolute atomic E-state index is 14.0. The van der Waals surface area contributed by atoms with Gasteiger partial charge in [-0.1, -0.05) is 59.8 Å². The molecule has 30 heavy (non-hydrogen) atoms. The Bertz CT molecular complexity index is 1170. The molecule has 0 aliphatic carbocycles. The van der Waals surface area contributed by atoms with Crippen molar-refractivity contribution in [2.24, 2.45) is 0 Å². The van der Waals surface area contributed by atoms with E-state index in [0.717, 1.165) is 5.56 Å². The molecule has 4 aromatic rings. The number of amides is 1. The number of nitrogens with zero attached hydrogens (tertiary/aromatic N) is 3. The highest BCUT2D eigenvalue weighted by Crippen LogP contribution is 2.26. The van der Waals surface area contributed by atoms with Crippen LogP contribution in [0.15, 0.2) is 72.0 Å². The third-order valence-corrected chi connectivity index (χ3v) is 5.72. The summed E-state index contributed by atoms with van der Waals surface area (Å²) in [5.41, 5.74) is 4.16. The van der Waals surface area contributed by atoms with Crippen molar-refractivity contribution in [3.05, 3.63) is 89.4 Å². The van der Waals surface area contributed by atoms with Crippen LogP contribution >= 0.6 is 11.8 Å². The second-order valence-corrected chi connectivity index (χ2v) is 7.91. The third-order valence-electron chi connectivity index (χ3n) is 4.70. The van der Waals surface area contributed by atoms with Crippen LogP contribution in [0.5, 0.6) is 0 Å². The largest absolute Gasteiger partial charge is 0.350 e. The Hall–Kier alpha value is -3.19. The number of pyridine rings is 1. The van der Waals surface area contributed by atoms with E-state index in [2.05, 4.69) is 15.3 Å². The van der Waals surface area contributed by atoms with Crippen molar-refractivity contribution in [2.75, 3.05) is 0 Å². The van der Waals surface area contributed by atoms with Crippen molar-refractivity contribution in [3.63, 3.8) is 0 Å². The fraction of sp³-hybridized carbons (Fsp3) is 0.174. The van der Waals surface area contributed by atoms with Crippen molar-refractivity contribution in [1.82, 2.24) is 19.9 Å². The molecule has 2 aromatic heterocycles. The highest BCUT2D eigenvalue weighted by molar-refractivity contribution is 7.98. The van der Waals surface area contributed by atoms with Crippen molar-refractivity contribution in [3.8, 4) is 0 Å². The minimum atomic E-state index is -0.248. The quantitative estimate of drug-likeness (QED) is 0.448. The first-order valence-electron chi connectivity index (χ1n) is 9.60. The van der Waals surface area contributed by atoms with Crippen LogP contribution in [0.25, 0.3) is 11.2 Å². The lowest BCUT2D eigenvalue weighted by molar-refractivity contribution is -0.121. The third kappa shape index (κ3) is 4.68. The number of fused-ring (bicyclic) bond motifs is 1. The first-order chi connectivity index (χ1) is 14.6. The molecule has 2 aromatic carbocycles. The van der Waals surface area contributed by atoms with E-state index in [9.17, 15) is 9.18 Å². The van der Waals surface area contributed by atoms with Crippen LogP contribution < -0.4 is 5.32 Å². The van der Waals surface area contributed by atoms with Crippen molar-refractivity contribution in [1.29, 1.82) is 0 Å². The number of rotatable bonds is 7. The summed E-state index contributed by atoms with van der Waals surface area (Å²) in [5.74, 6) is 0.0379. The standard InChI is InChI=1S/C23H21FN4OS/c1-16-8-10-17(11-9-16)13-26-21(29)14-28-22-20(7-4-12-25-22)27-23(28)30-15-18-5-2-3-6-19(18)24/h2-12H,13-15H2,1H3,(H,26,29). The van der Waals surface area contributed by atoms with Gasteiger partial charge in [-0.3, -0.25) is 9.36 Å². The molecule has 0 aliphatic heterocycles. The zero-order chi connectivity index (χ0) is 20.9. The van der Waals surface area contributed by atoms with Gasteiger partial charge in [0.1, 0.15) is 17.9 Å². The van der Waals surface area contributed by atoms with Gasteiger partial charge in [0.15, 0.2) is 10.8 Å². The molecule has 0 saturated carbocycles. The van der Waals surface area contributed by atoms with Crippen LogP contribution in [0.4, 0.5) is 4.39 Å². The maximum Gasteiger partial charge on any atom is 0.240 e. The number of imidazole rings is 1. The zero-order valence-corrected chi connectivity index (χ0v) is 17.3. The summed E-state index contributed by atoms with van der Waals surface area (Å²) >= 11 is 1.39. The van der Waals surface area contributed by atoms with Gasteiger partial charge in [0.25, 0.3) is 0 Å². The molecular weight excluding hydrogens is 399 g/mol. The van der Waals surface area contributed by atoms with E-state index in [0.29, 0.717) is 34.2 Å². The molecule has 0 saturated heterocycles. The van der Waals surface area contributed by atoms with Gasteiger partial charge in [0.05, 0.1) is 0 Å². The second-order valence-electron chi connectivity index (χ2n) is 6.97. The summed E-state index contributed by atoms with van der Waals surface area (Å²) in [5, 5.41) is 3.58. The average Bonchev–Trinajstić information content (AvgIpc) is 3.10. The van der Waals surface area contributed by atoms with E-state index in [1.807, 2.05) is 49.4 Å². The van der Waals surface area contributed by atoms with Gasteiger partial charge in [0, 0.05) is 18.5 Å². The van der Waals surface area contributed by atoms with Gasteiger partial charge in [-0.2, -0.15) is 0 Å².